The van der Waals surface area contributed by atoms with Crippen LogP contribution in [0.2, 0.25) is 0 Å². The number of nitrogens with one attached hydrogen (secondary N) is 1. The van der Waals surface area contributed by atoms with E-state index >= 15 is 0 Å². The minimum absolute atomic E-state index is 0.360. The minimum atomic E-state index is -0.360. The van der Waals surface area contributed by atoms with Gasteiger partial charge in [-0.2, -0.15) is 0 Å². The molecule has 1 atom stereocenters. The van der Waals surface area contributed by atoms with Crippen LogP contribution in [0.4, 0.5) is 0 Å². The highest BCUT2D eigenvalue weighted by Gasteiger charge is 2.16. The summed E-state index contributed by atoms with van der Waals surface area (Å²) in [6.07, 6.45) is 12.7. The number of aliphatic hydroxyl groups is 1. The van der Waals surface area contributed by atoms with Crippen LogP contribution in [0.15, 0.2) is 18.2 Å². The molecule has 2 aliphatic rings. The first-order valence-corrected chi connectivity index (χ1v) is 8.86. The van der Waals surface area contributed by atoms with Gasteiger partial charge >= 0.3 is 0 Å². The smallest absolute Gasteiger partial charge is 0.0914 e. The van der Waals surface area contributed by atoms with Crippen molar-refractivity contribution in [3.63, 3.8) is 0 Å². The van der Waals surface area contributed by atoms with Crippen molar-refractivity contribution in [1.29, 1.82) is 0 Å². The van der Waals surface area contributed by atoms with Crippen LogP contribution in [0.25, 0.3) is 0 Å². The molecule has 0 amide bonds. The monoisotopic (exact) mass is 287 g/mol. The molecule has 1 fully saturated rings. The fourth-order valence-corrected chi connectivity index (χ4v) is 3.86. The van der Waals surface area contributed by atoms with Gasteiger partial charge in [0, 0.05) is 12.6 Å². The van der Waals surface area contributed by atoms with Crippen LogP contribution in [0.3, 0.4) is 0 Å². The Kier molecular flexibility index (Phi) is 5.32. The molecule has 1 aromatic carbocycles. The van der Waals surface area contributed by atoms with Crippen molar-refractivity contribution >= 4 is 0 Å². The van der Waals surface area contributed by atoms with Crippen LogP contribution in [-0.4, -0.2) is 17.7 Å². The molecule has 0 heterocycles. The van der Waals surface area contributed by atoms with Gasteiger partial charge in [-0.05, 0) is 48.8 Å². The summed E-state index contributed by atoms with van der Waals surface area (Å²) < 4.78 is 0. The highest BCUT2D eigenvalue weighted by atomic mass is 16.3. The zero-order valence-electron chi connectivity index (χ0n) is 13.1. The number of aryl methyl sites for hydroxylation is 2. The predicted molar refractivity (Wildman–Crippen MR) is 87.5 cm³/mol. The molecule has 2 nitrogen and oxygen atoms in total. The standard InChI is InChI=1S/C19H29NO/c21-19(14-20-18-9-4-2-1-3-5-10-18)17-12-11-15-7-6-8-16(15)13-17/h11-13,18-21H,1-10,14H2. The molecule has 2 heteroatoms. The van der Waals surface area contributed by atoms with Crippen LogP contribution in [0, 0.1) is 0 Å². The van der Waals surface area contributed by atoms with Gasteiger partial charge < -0.3 is 10.4 Å². The van der Waals surface area contributed by atoms with E-state index < -0.39 is 0 Å². The normalized spacial score (nSPS) is 21.6. The van der Waals surface area contributed by atoms with Crippen molar-refractivity contribution in [3.05, 3.63) is 34.9 Å². The van der Waals surface area contributed by atoms with E-state index in [1.807, 2.05) is 0 Å². The SMILES string of the molecule is OC(CNC1CCCCCCC1)c1ccc2c(c1)CCC2. The Balaban J connectivity index is 1.52. The fourth-order valence-electron chi connectivity index (χ4n) is 3.86. The molecule has 116 valence electrons. The van der Waals surface area contributed by atoms with Gasteiger partial charge in [-0.1, -0.05) is 50.3 Å². The Labute approximate surface area is 129 Å². The minimum Gasteiger partial charge on any atom is -0.387 e. The molecule has 1 unspecified atom stereocenters. The molecule has 0 aliphatic heterocycles. The third-order valence-electron chi connectivity index (χ3n) is 5.21. The lowest BCUT2D eigenvalue weighted by Crippen LogP contribution is -2.33. The number of benzene rings is 1. The van der Waals surface area contributed by atoms with Crippen LogP contribution in [-0.2, 0) is 12.8 Å². The number of hydrogen-bond donors (Lipinski definition) is 2. The van der Waals surface area contributed by atoms with E-state index in [2.05, 4.69) is 23.5 Å². The van der Waals surface area contributed by atoms with E-state index in [-0.39, 0.29) is 6.10 Å². The first-order valence-electron chi connectivity index (χ1n) is 8.86. The summed E-state index contributed by atoms with van der Waals surface area (Å²) in [7, 11) is 0. The Hall–Kier alpha value is -0.860. The summed E-state index contributed by atoms with van der Waals surface area (Å²) in [6.45, 7) is 0.698. The van der Waals surface area contributed by atoms with Crippen LogP contribution in [0.5, 0.6) is 0 Å². The summed E-state index contributed by atoms with van der Waals surface area (Å²) in [5.74, 6) is 0. The molecular weight excluding hydrogens is 258 g/mol. The Bertz CT molecular complexity index is 449. The van der Waals surface area contributed by atoms with Crippen LogP contribution in [0.1, 0.15) is 74.2 Å². The van der Waals surface area contributed by atoms with Gasteiger partial charge in [0.05, 0.1) is 6.10 Å². The van der Waals surface area contributed by atoms with Crippen molar-refractivity contribution in [2.45, 2.75) is 76.4 Å². The summed E-state index contributed by atoms with van der Waals surface area (Å²) in [4.78, 5) is 0. The average Bonchev–Trinajstić information content (AvgIpc) is 2.93. The molecule has 0 radical (unpaired) electrons. The second-order valence-electron chi connectivity index (χ2n) is 6.85. The van der Waals surface area contributed by atoms with Gasteiger partial charge in [-0.15, -0.1) is 0 Å². The van der Waals surface area contributed by atoms with Gasteiger partial charge in [0.2, 0.25) is 0 Å². The Morgan fingerprint density at radius 2 is 1.67 bits per heavy atom. The maximum atomic E-state index is 10.4. The van der Waals surface area contributed by atoms with E-state index in [1.165, 1.54) is 75.3 Å². The lowest BCUT2D eigenvalue weighted by Gasteiger charge is -2.23. The molecule has 2 N–H and O–H groups in total. The summed E-state index contributed by atoms with van der Waals surface area (Å²) >= 11 is 0. The van der Waals surface area contributed by atoms with E-state index in [9.17, 15) is 5.11 Å². The topological polar surface area (TPSA) is 32.3 Å². The first-order chi connectivity index (χ1) is 10.3. The Morgan fingerprint density at radius 1 is 0.952 bits per heavy atom. The van der Waals surface area contributed by atoms with Gasteiger partial charge in [-0.3, -0.25) is 0 Å². The number of rotatable bonds is 4. The molecule has 2 aliphatic carbocycles. The second kappa shape index (κ2) is 7.42. The lowest BCUT2D eigenvalue weighted by molar-refractivity contribution is 0.166. The summed E-state index contributed by atoms with van der Waals surface area (Å²) in [5, 5.41) is 14.1. The number of hydrogen-bond acceptors (Lipinski definition) is 2. The maximum absolute atomic E-state index is 10.4. The first kappa shape index (κ1) is 15.1. The molecule has 0 bridgehead atoms. The zero-order chi connectivity index (χ0) is 14.5. The molecule has 1 saturated carbocycles. The van der Waals surface area contributed by atoms with Crippen molar-refractivity contribution in [1.82, 2.24) is 5.32 Å². The number of aliphatic hydroxyl groups excluding tert-OH is 1. The van der Waals surface area contributed by atoms with Crippen LogP contribution < -0.4 is 5.32 Å². The van der Waals surface area contributed by atoms with Crippen molar-refractivity contribution < 1.29 is 5.11 Å². The highest BCUT2D eigenvalue weighted by molar-refractivity contribution is 5.36. The largest absolute Gasteiger partial charge is 0.387 e. The summed E-state index contributed by atoms with van der Waals surface area (Å²) in [6, 6.07) is 7.17. The molecule has 0 spiro atoms. The quantitative estimate of drug-likeness (QED) is 0.880. The third-order valence-corrected chi connectivity index (χ3v) is 5.21. The molecular formula is C19H29NO. The molecule has 0 saturated heterocycles. The van der Waals surface area contributed by atoms with Crippen LogP contribution >= 0.6 is 0 Å². The van der Waals surface area contributed by atoms with Crippen molar-refractivity contribution in [3.8, 4) is 0 Å². The fraction of sp³-hybridized carbons (Fsp3) is 0.684. The molecule has 21 heavy (non-hydrogen) atoms. The molecule has 0 aromatic heterocycles. The van der Waals surface area contributed by atoms with E-state index in [0.717, 1.165) is 5.56 Å². The molecule has 3 rings (SSSR count). The van der Waals surface area contributed by atoms with Crippen molar-refractivity contribution in [2.75, 3.05) is 6.54 Å². The highest BCUT2D eigenvalue weighted by Crippen LogP contribution is 2.25. The van der Waals surface area contributed by atoms with E-state index in [1.54, 1.807) is 0 Å². The van der Waals surface area contributed by atoms with Crippen molar-refractivity contribution in [2.24, 2.45) is 0 Å². The molecule has 1 aromatic rings. The maximum Gasteiger partial charge on any atom is 0.0914 e. The second-order valence-corrected chi connectivity index (χ2v) is 6.85. The van der Waals surface area contributed by atoms with Gasteiger partial charge in [-0.25, -0.2) is 0 Å². The lowest BCUT2D eigenvalue weighted by atomic mass is 9.96. The van der Waals surface area contributed by atoms with Gasteiger partial charge in [0.15, 0.2) is 0 Å². The van der Waals surface area contributed by atoms with Gasteiger partial charge in [0.1, 0.15) is 0 Å². The van der Waals surface area contributed by atoms with Gasteiger partial charge in [0.25, 0.3) is 0 Å². The average molecular weight is 287 g/mol. The van der Waals surface area contributed by atoms with E-state index in [4.69, 9.17) is 0 Å². The predicted octanol–water partition coefficient (Wildman–Crippen LogP) is 3.91. The number of fused-ring (bicyclic) bond motifs is 1. The summed E-state index contributed by atoms with van der Waals surface area (Å²) in [5.41, 5.74) is 4.03. The Morgan fingerprint density at radius 3 is 2.48 bits per heavy atom. The zero-order valence-corrected chi connectivity index (χ0v) is 13.1. The third kappa shape index (κ3) is 4.08. The van der Waals surface area contributed by atoms with E-state index in [0.29, 0.717) is 12.6 Å².